The fourth-order valence-corrected chi connectivity index (χ4v) is 4.04. The van der Waals surface area contributed by atoms with Crippen LogP contribution in [-0.4, -0.2) is 40.4 Å². The Labute approximate surface area is 207 Å². The minimum absolute atomic E-state index is 0. The Hall–Kier alpha value is -1.81. The van der Waals surface area contributed by atoms with E-state index in [0.717, 1.165) is 55.7 Å². The van der Waals surface area contributed by atoms with Gasteiger partial charge >= 0.3 is 36.8 Å². The smallest absolute Gasteiger partial charge is 0.523 e. The van der Waals surface area contributed by atoms with Crippen molar-refractivity contribution < 1.29 is 40.6 Å². The minimum atomic E-state index is -0.115. The number of aromatic nitrogens is 2. The molecule has 1 N–H and O–H groups in total. The van der Waals surface area contributed by atoms with Gasteiger partial charge in [0.1, 0.15) is 0 Å². The van der Waals surface area contributed by atoms with E-state index in [2.05, 4.69) is 22.0 Å². The summed E-state index contributed by atoms with van der Waals surface area (Å²) < 4.78 is 7.06. The van der Waals surface area contributed by atoms with Gasteiger partial charge in [0.05, 0.1) is 18.1 Å². The number of unbranched alkanes of at least 4 members (excludes halogenated alkanes) is 1. The molecule has 0 amide bonds. The summed E-state index contributed by atoms with van der Waals surface area (Å²) in [6.45, 7) is 5.19. The van der Waals surface area contributed by atoms with Crippen LogP contribution in [0.25, 0.3) is 11.0 Å². The van der Waals surface area contributed by atoms with E-state index in [0.29, 0.717) is 12.1 Å². The van der Waals surface area contributed by atoms with Crippen LogP contribution in [0.1, 0.15) is 41.3 Å². The molecule has 0 atom stereocenters. The van der Waals surface area contributed by atoms with E-state index in [9.17, 15) is 9.59 Å². The first-order chi connectivity index (χ1) is 14.0. The van der Waals surface area contributed by atoms with Gasteiger partial charge in [-0.15, -0.1) is 17.7 Å². The molecule has 1 aromatic heterocycles. The normalized spacial score (nSPS) is 13.2. The number of aromatic amines is 1. The third kappa shape index (κ3) is 5.71. The minimum Gasteiger partial charge on any atom is -0.523 e. The van der Waals surface area contributed by atoms with E-state index in [4.69, 9.17) is 4.74 Å². The standard InChI is InChI=1S/C23H26N3O3.CH3.U/c1-16(27)18-6-8-22-21(14-18)24-23(28)26(22)11-4-3-10-25-12-9-17-5-7-20(29-2)13-19(17)15-25;;/h5-6,8,13-14H,3-4,9-12,15H2,1-2H3,(H,24,28);1H3;/q2*-1;+2. The second-order valence-electron chi connectivity index (χ2n) is 7.66. The van der Waals surface area contributed by atoms with Crippen molar-refractivity contribution in [3.63, 3.8) is 0 Å². The SMILES string of the molecule is COc1[c-]cc2c(c1)CN(CCCCn1c(=O)[nH]c3cc(C(C)=O)ccc31)CC2.[CH3-].[U+2]. The summed E-state index contributed by atoms with van der Waals surface area (Å²) >= 11 is 0. The van der Waals surface area contributed by atoms with Crippen LogP contribution in [0.4, 0.5) is 0 Å². The second-order valence-corrected chi connectivity index (χ2v) is 7.66. The Morgan fingerprint density at radius 3 is 2.71 bits per heavy atom. The van der Waals surface area contributed by atoms with Gasteiger partial charge in [0.25, 0.3) is 0 Å². The summed E-state index contributed by atoms with van der Waals surface area (Å²) in [4.78, 5) is 29.2. The van der Waals surface area contributed by atoms with Crippen LogP contribution in [0.15, 0.2) is 35.1 Å². The van der Waals surface area contributed by atoms with Gasteiger partial charge in [-0.1, -0.05) is 6.42 Å². The number of ketones is 1. The number of fused-ring (bicyclic) bond motifs is 2. The molecule has 3 aromatic rings. The van der Waals surface area contributed by atoms with E-state index in [1.54, 1.807) is 23.8 Å². The third-order valence-electron chi connectivity index (χ3n) is 5.70. The number of benzene rings is 2. The van der Waals surface area contributed by atoms with Gasteiger partial charge in [0.2, 0.25) is 0 Å². The van der Waals surface area contributed by atoms with Gasteiger partial charge in [-0.25, -0.2) is 4.79 Å². The van der Waals surface area contributed by atoms with Crippen molar-refractivity contribution in [2.24, 2.45) is 0 Å². The monoisotopic (exact) mass is 645 g/mol. The van der Waals surface area contributed by atoms with Crippen molar-refractivity contribution in [1.82, 2.24) is 14.5 Å². The van der Waals surface area contributed by atoms with Gasteiger partial charge in [-0.3, -0.25) is 9.36 Å². The predicted molar refractivity (Wildman–Crippen MR) is 119 cm³/mol. The van der Waals surface area contributed by atoms with Crippen molar-refractivity contribution in [3.8, 4) is 5.75 Å². The number of rotatable bonds is 7. The molecule has 0 spiro atoms. The Morgan fingerprint density at radius 2 is 1.97 bits per heavy atom. The molecular formula is C24H29N3O3U. The molecule has 0 fully saturated rings. The van der Waals surface area contributed by atoms with Gasteiger partial charge < -0.3 is 22.0 Å². The Kier molecular flexibility index (Phi) is 9.17. The van der Waals surface area contributed by atoms with Crippen molar-refractivity contribution in [1.29, 1.82) is 0 Å². The molecule has 162 valence electrons. The first-order valence-electron chi connectivity index (χ1n) is 10.1. The fourth-order valence-electron chi connectivity index (χ4n) is 4.04. The maximum Gasteiger partial charge on any atom is 2.00 e. The summed E-state index contributed by atoms with van der Waals surface area (Å²) in [6, 6.07) is 12.7. The maximum atomic E-state index is 12.3. The van der Waals surface area contributed by atoms with Gasteiger partial charge in [-0.2, -0.15) is 11.6 Å². The summed E-state index contributed by atoms with van der Waals surface area (Å²) in [5.74, 6) is 0.788. The van der Waals surface area contributed by atoms with Crippen molar-refractivity contribution in [2.45, 2.75) is 39.3 Å². The second kappa shape index (κ2) is 11.2. The molecule has 0 unspecified atom stereocenters. The molecule has 0 bridgehead atoms. The van der Waals surface area contributed by atoms with Crippen LogP contribution in [0.2, 0.25) is 0 Å². The Morgan fingerprint density at radius 1 is 1.19 bits per heavy atom. The van der Waals surface area contributed by atoms with Crippen LogP contribution >= 0.6 is 0 Å². The quantitative estimate of drug-likeness (QED) is 0.242. The number of carbonyl (C=O) groups excluding carboxylic acids is 1. The molecule has 4 rings (SSSR count). The number of hydrogen-bond donors (Lipinski definition) is 1. The number of nitrogens with one attached hydrogen (secondary N) is 1. The van der Waals surface area contributed by atoms with Crippen LogP contribution in [0.5, 0.6) is 5.75 Å². The van der Waals surface area contributed by atoms with Gasteiger partial charge in [0, 0.05) is 24.4 Å². The maximum absolute atomic E-state index is 12.3. The third-order valence-corrected chi connectivity index (χ3v) is 5.70. The number of nitrogens with zero attached hydrogens (tertiary/aromatic N) is 2. The topological polar surface area (TPSA) is 67.3 Å². The first kappa shape index (κ1) is 25.5. The van der Waals surface area contributed by atoms with E-state index in [1.807, 2.05) is 12.1 Å². The zero-order chi connectivity index (χ0) is 20.4. The van der Waals surface area contributed by atoms with Crippen LogP contribution < -0.4 is 10.4 Å². The number of aryl methyl sites for hydroxylation is 1. The average molecular weight is 646 g/mol. The van der Waals surface area contributed by atoms with Crippen molar-refractivity contribution in [2.75, 3.05) is 20.2 Å². The zero-order valence-corrected chi connectivity index (χ0v) is 22.6. The fraction of sp³-hybridized carbons (Fsp3) is 0.375. The van der Waals surface area contributed by atoms with Gasteiger partial charge in [0.15, 0.2) is 5.78 Å². The largest absolute Gasteiger partial charge is 2.00 e. The van der Waals surface area contributed by atoms with E-state index >= 15 is 0 Å². The van der Waals surface area contributed by atoms with E-state index < -0.39 is 0 Å². The molecule has 0 saturated heterocycles. The molecule has 0 aliphatic carbocycles. The summed E-state index contributed by atoms with van der Waals surface area (Å²) in [5, 5.41) is 0. The Balaban J connectivity index is 0.00000171. The average Bonchev–Trinajstić information content (AvgIpc) is 3.04. The molecule has 6 nitrogen and oxygen atoms in total. The summed E-state index contributed by atoms with van der Waals surface area (Å²) in [6.07, 6.45) is 2.99. The number of imidazole rings is 1. The molecule has 7 heteroatoms. The number of methoxy groups -OCH3 is 1. The van der Waals surface area contributed by atoms with Crippen LogP contribution in [0.3, 0.4) is 0 Å². The van der Waals surface area contributed by atoms with Crippen LogP contribution in [-0.2, 0) is 19.5 Å². The van der Waals surface area contributed by atoms with Crippen molar-refractivity contribution in [3.05, 3.63) is 71.0 Å². The molecule has 2 aromatic carbocycles. The van der Waals surface area contributed by atoms with E-state index in [-0.39, 0.29) is 50.0 Å². The first-order valence-corrected chi connectivity index (χ1v) is 10.1. The van der Waals surface area contributed by atoms with Gasteiger partial charge in [-0.05, 0) is 51.1 Å². The zero-order valence-electron chi connectivity index (χ0n) is 18.5. The molecule has 0 radical (unpaired) electrons. The number of H-pyrrole nitrogens is 1. The molecule has 2 heterocycles. The number of ether oxygens (including phenoxy) is 1. The Bertz CT molecular complexity index is 1100. The molecule has 0 saturated carbocycles. The molecule has 1 aliphatic heterocycles. The van der Waals surface area contributed by atoms with Crippen LogP contribution in [0, 0.1) is 44.6 Å². The predicted octanol–water partition coefficient (Wildman–Crippen LogP) is 3.63. The molecular weight excluding hydrogens is 616 g/mol. The van der Waals surface area contributed by atoms with Crippen molar-refractivity contribution >= 4 is 16.8 Å². The number of hydrogen-bond acceptors (Lipinski definition) is 4. The summed E-state index contributed by atoms with van der Waals surface area (Å²) in [5.41, 5.74) is 4.76. The molecule has 1 aliphatic rings. The van der Waals surface area contributed by atoms with E-state index in [1.165, 1.54) is 18.1 Å². The number of carbonyl (C=O) groups is 1. The summed E-state index contributed by atoms with van der Waals surface area (Å²) in [7, 11) is 1.67. The molecule has 31 heavy (non-hydrogen) atoms. The number of Topliss-reactive ketones (excluding diaryl/α,β-unsaturated/α-hetero) is 1.